The second-order valence-electron chi connectivity index (χ2n) is 9.25. The standard InChI is InChI=1S/C27H26N2O5/c1-17-11-18-3-4-19(12-23(18)33-17)34-22-5-8-28-21-14-25(24(31-2)13-20(21)22)32-10-9-29-15-26(30)27(16-29)6-7-27/h3-5,8,11-14H,6-7,9-10,15-16H2,1-2H3. The van der Waals surface area contributed by atoms with Gasteiger partial charge in [-0.3, -0.25) is 14.7 Å². The molecule has 1 aliphatic heterocycles. The molecule has 7 nitrogen and oxygen atoms in total. The molecule has 0 amide bonds. The summed E-state index contributed by atoms with van der Waals surface area (Å²) in [6.45, 7) is 4.50. The topological polar surface area (TPSA) is 74.0 Å². The number of Topliss-reactive ketones (excluding diaryl/α,β-unsaturated/α-hetero) is 1. The predicted molar refractivity (Wildman–Crippen MR) is 128 cm³/mol. The third-order valence-electron chi connectivity index (χ3n) is 6.83. The Balaban J connectivity index is 1.21. The van der Waals surface area contributed by atoms with Crippen LogP contribution >= 0.6 is 0 Å². The van der Waals surface area contributed by atoms with Crippen molar-refractivity contribution in [2.24, 2.45) is 5.41 Å². The number of pyridine rings is 1. The van der Waals surface area contributed by atoms with Crippen LogP contribution in [0.4, 0.5) is 0 Å². The van der Waals surface area contributed by atoms with Gasteiger partial charge in [0.2, 0.25) is 0 Å². The first-order valence-corrected chi connectivity index (χ1v) is 11.6. The molecule has 3 heterocycles. The minimum absolute atomic E-state index is 0.0404. The van der Waals surface area contributed by atoms with Gasteiger partial charge in [-0.1, -0.05) is 0 Å². The minimum atomic E-state index is -0.0404. The third kappa shape index (κ3) is 3.76. The average Bonchev–Trinajstić information content (AvgIpc) is 3.41. The number of ether oxygens (including phenoxy) is 3. The van der Waals surface area contributed by atoms with E-state index in [1.165, 1.54) is 0 Å². The zero-order chi connectivity index (χ0) is 23.3. The first kappa shape index (κ1) is 21.0. The molecule has 1 saturated heterocycles. The molecule has 7 heteroatoms. The highest BCUT2D eigenvalue weighted by Gasteiger charge is 2.54. The van der Waals surface area contributed by atoms with Crippen LogP contribution in [0.25, 0.3) is 21.9 Å². The van der Waals surface area contributed by atoms with Crippen molar-refractivity contribution < 1.29 is 23.4 Å². The predicted octanol–water partition coefficient (Wildman–Crippen LogP) is 5.13. The number of likely N-dealkylation sites (tertiary alicyclic amines) is 1. The van der Waals surface area contributed by atoms with E-state index < -0.39 is 0 Å². The van der Waals surface area contributed by atoms with Crippen molar-refractivity contribution in [3.63, 3.8) is 0 Å². The summed E-state index contributed by atoms with van der Waals surface area (Å²) in [7, 11) is 1.62. The number of aromatic nitrogens is 1. The zero-order valence-corrected chi connectivity index (χ0v) is 19.3. The number of methoxy groups -OCH3 is 1. The van der Waals surface area contributed by atoms with Crippen LogP contribution in [-0.2, 0) is 4.79 Å². The Morgan fingerprint density at radius 1 is 1.09 bits per heavy atom. The van der Waals surface area contributed by atoms with Gasteiger partial charge in [-0.05, 0) is 50.1 Å². The fraction of sp³-hybridized carbons (Fsp3) is 0.333. The summed E-state index contributed by atoms with van der Waals surface area (Å²) in [5, 5.41) is 1.86. The van der Waals surface area contributed by atoms with Crippen LogP contribution in [0.5, 0.6) is 23.0 Å². The third-order valence-corrected chi connectivity index (χ3v) is 6.83. The number of furan rings is 1. The Labute approximate surface area is 197 Å². The Hall–Kier alpha value is -3.58. The van der Waals surface area contributed by atoms with Gasteiger partial charge in [0.1, 0.15) is 29.4 Å². The molecule has 4 aromatic rings. The number of fused-ring (bicyclic) bond motifs is 2. The van der Waals surface area contributed by atoms with E-state index >= 15 is 0 Å². The fourth-order valence-electron chi connectivity index (χ4n) is 4.80. The maximum atomic E-state index is 12.1. The van der Waals surface area contributed by atoms with E-state index in [0.717, 1.165) is 47.0 Å². The van der Waals surface area contributed by atoms with Crippen LogP contribution in [0, 0.1) is 12.3 Å². The van der Waals surface area contributed by atoms with Gasteiger partial charge in [-0.2, -0.15) is 0 Å². The molecule has 1 saturated carbocycles. The molecule has 2 aromatic heterocycles. The van der Waals surface area contributed by atoms with E-state index in [1.807, 2.05) is 49.4 Å². The van der Waals surface area contributed by atoms with Gasteiger partial charge in [-0.25, -0.2) is 0 Å². The largest absolute Gasteiger partial charge is 0.493 e. The lowest BCUT2D eigenvalue weighted by atomic mass is 10.1. The van der Waals surface area contributed by atoms with Crippen molar-refractivity contribution >= 4 is 27.7 Å². The maximum Gasteiger partial charge on any atom is 0.163 e. The van der Waals surface area contributed by atoms with Crippen molar-refractivity contribution in [1.82, 2.24) is 9.88 Å². The lowest BCUT2D eigenvalue weighted by Gasteiger charge is -2.17. The van der Waals surface area contributed by atoms with Crippen LogP contribution in [0.3, 0.4) is 0 Å². The van der Waals surface area contributed by atoms with Gasteiger partial charge in [0.05, 0.1) is 19.2 Å². The van der Waals surface area contributed by atoms with E-state index in [2.05, 4.69) is 9.88 Å². The molecule has 1 spiro atoms. The lowest BCUT2D eigenvalue weighted by Crippen LogP contribution is -2.26. The first-order chi connectivity index (χ1) is 16.5. The molecule has 2 fully saturated rings. The highest BCUT2D eigenvalue weighted by molar-refractivity contribution is 5.91. The molecule has 6 rings (SSSR count). The van der Waals surface area contributed by atoms with E-state index in [4.69, 9.17) is 18.6 Å². The van der Waals surface area contributed by atoms with Crippen molar-refractivity contribution in [1.29, 1.82) is 0 Å². The summed E-state index contributed by atoms with van der Waals surface area (Å²) in [5.74, 6) is 3.83. The molecule has 0 unspecified atom stereocenters. The molecular formula is C27H26N2O5. The number of benzene rings is 2. The number of hydrogen-bond acceptors (Lipinski definition) is 7. The molecule has 2 aromatic carbocycles. The van der Waals surface area contributed by atoms with Crippen LogP contribution in [0.2, 0.25) is 0 Å². The number of hydrogen-bond donors (Lipinski definition) is 0. The van der Waals surface area contributed by atoms with E-state index in [-0.39, 0.29) is 5.41 Å². The monoisotopic (exact) mass is 458 g/mol. The molecule has 0 atom stereocenters. The molecule has 0 radical (unpaired) electrons. The normalized spacial score (nSPS) is 17.1. The minimum Gasteiger partial charge on any atom is -0.493 e. The smallest absolute Gasteiger partial charge is 0.163 e. The summed E-state index contributed by atoms with van der Waals surface area (Å²) in [5.41, 5.74) is 1.49. The van der Waals surface area contributed by atoms with Gasteiger partial charge >= 0.3 is 0 Å². The molecular weight excluding hydrogens is 432 g/mol. The van der Waals surface area contributed by atoms with E-state index in [0.29, 0.717) is 48.5 Å². The quantitative estimate of drug-likeness (QED) is 0.380. The van der Waals surface area contributed by atoms with Crippen LogP contribution in [-0.4, -0.2) is 49.0 Å². The highest BCUT2D eigenvalue weighted by Crippen LogP contribution is 2.50. The molecule has 0 N–H and O–H groups in total. The SMILES string of the molecule is COc1cc2c(Oc3ccc4cc(C)oc4c3)ccnc2cc1OCCN1CC(=O)C2(CC2)C1. The summed E-state index contributed by atoms with van der Waals surface area (Å²) < 4.78 is 23.6. The zero-order valence-electron chi connectivity index (χ0n) is 19.3. The Bertz CT molecular complexity index is 1410. The Kier molecular flexibility index (Phi) is 4.95. The van der Waals surface area contributed by atoms with Crippen molar-refractivity contribution in [2.45, 2.75) is 19.8 Å². The maximum absolute atomic E-state index is 12.1. The summed E-state index contributed by atoms with van der Waals surface area (Å²) in [4.78, 5) is 18.8. The Morgan fingerprint density at radius 2 is 1.97 bits per heavy atom. The summed E-state index contributed by atoms with van der Waals surface area (Å²) in [6.07, 6.45) is 3.79. The van der Waals surface area contributed by atoms with E-state index in [1.54, 1.807) is 13.3 Å². The second-order valence-corrected chi connectivity index (χ2v) is 9.25. The fourth-order valence-corrected chi connectivity index (χ4v) is 4.80. The summed E-state index contributed by atoms with van der Waals surface area (Å²) in [6, 6.07) is 13.4. The van der Waals surface area contributed by atoms with Crippen LogP contribution < -0.4 is 14.2 Å². The van der Waals surface area contributed by atoms with Gasteiger partial charge < -0.3 is 18.6 Å². The van der Waals surface area contributed by atoms with Crippen molar-refractivity contribution in [3.8, 4) is 23.0 Å². The second kappa shape index (κ2) is 8.02. The van der Waals surface area contributed by atoms with Crippen LogP contribution in [0.15, 0.2) is 53.1 Å². The lowest BCUT2D eigenvalue weighted by molar-refractivity contribution is -0.120. The van der Waals surface area contributed by atoms with E-state index in [9.17, 15) is 4.79 Å². The van der Waals surface area contributed by atoms with Gasteiger partial charge in [-0.15, -0.1) is 0 Å². The molecule has 34 heavy (non-hydrogen) atoms. The number of aryl methyl sites for hydroxylation is 1. The molecule has 2 aliphatic rings. The van der Waals surface area contributed by atoms with Crippen molar-refractivity contribution in [3.05, 3.63) is 54.4 Å². The van der Waals surface area contributed by atoms with Gasteiger partial charge in [0.15, 0.2) is 17.3 Å². The number of ketones is 1. The highest BCUT2D eigenvalue weighted by atomic mass is 16.5. The number of nitrogens with zero attached hydrogens (tertiary/aromatic N) is 2. The van der Waals surface area contributed by atoms with Gasteiger partial charge in [0.25, 0.3) is 0 Å². The average molecular weight is 459 g/mol. The molecule has 0 bridgehead atoms. The Morgan fingerprint density at radius 3 is 2.76 bits per heavy atom. The summed E-state index contributed by atoms with van der Waals surface area (Å²) >= 11 is 0. The molecule has 174 valence electrons. The van der Waals surface area contributed by atoms with Gasteiger partial charge in [0, 0.05) is 47.6 Å². The molecule has 1 aliphatic carbocycles. The van der Waals surface area contributed by atoms with Crippen molar-refractivity contribution in [2.75, 3.05) is 33.4 Å². The first-order valence-electron chi connectivity index (χ1n) is 11.6. The van der Waals surface area contributed by atoms with Crippen LogP contribution in [0.1, 0.15) is 18.6 Å². The number of rotatable bonds is 7. The number of carbonyl (C=O) groups is 1. The number of carbonyl (C=O) groups excluding carboxylic acids is 1.